The van der Waals surface area contributed by atoms with Crippen LogP contribution in [0, 0.1) is 0 Å². The molecule has 1 amide bonds. The summed E-state index contributed by atoms with van der Waals surface area (Å²) in [6.45, 7) is 0.870. The molecule has 0 bridgehead atoms. The van der Waals surface area contributed by atoms with Crippen molar-refractivity contribution in [2.45, 2.75) is 6.42 Å². The van der Waals surface area contributed by atoms with Gasteiger partial charge in [-0.25, -0.2) is 0 Å². The molecule has 0 atom stereocenters. The molecular formula is C18H18N2OS2. The smallest absolute Gasteiger partial charge is 0.234 e. The van der Waals surface area contributed by atoms with Gasteiger partial charge >= 0.3 is 0 Å². The molecule has 0 fully saturated rings. The Morgan fingerprint density at radius 2 is 1.91 bits per heavy atom. The summed E-state index contributed by atoms with van der Waals surface area (Å²) in [5.74, 6) is 1.46. The fraction of sp³-hybridized carbons (Fsp3) is 0.222. The molecule has 0 unspecified atom stereocenters. The van der Waals surface area contributed by atoms with Gasteiger partial charge in [0.1, 0.15) is 4.38 Å². The third-order valence-corrected chi connectivity index (χ3v) is 5.67. The van der Waals surface area contributed by atoms with Gasteiger partial charge in [0, 0.05) is 11.4 Å². The first-order chi connectivity index (χ1) is 11.3. The van der Waals surface area contributed by atoms with Gasteiger partial charge in [-0.2, -0.15) is 0 Å². The molecule has 3 rings (SSSR count). The summed E-state index contributed by atoms with van der Waals surface area (Å²) in [4.78, 5) is 16.5. The molecule has 1 aliphatic heterocycles. The maximum absolute atomic E-state index is 12.2. The van der Waals surface area contributed by atoms with E-state index in [1.54, 1.807) is 11.8 Å². The van der Waals surface area contributed by atoms with Gasteiger partial charge in [-0.1, -0.05) is 72.1 Å². The zero-order valence-corrected chi connectivity index (χ0v) is 14.3. The van der Waals surface area contributed by atoms with Crippen molar-refractivity contribution < 1.29 is 4.79 Å². The Morgan fingerprint density at radius 1 is 1.13 bits per heavy atom. The van der Waals surface area contributed by atoms with Gasteiger partial charge in [-0.3, -0.25) is 9.79 Å². The van der Waals surface area contributed by atoms with Crippen LogP contribution in [-0.2, 0) is 11.2 Å². The van der Waals surface area contributed by atoms with Crippen LogP contribution in [0.15, 0.2) is 59.6 Å². The number of amides is 1. The lowest BCUT2D eigenvalue weighted by atomic mass is 10.0. The predicted octanol–water partition coefficient (Wildman–Crippen LogP) is 4.05. The van der Waals surface area contributed by atoms with Crippen LogP contribution in [-0.4, -0.2) is 28.3 Å². The molecule has 3 nitrogen and oxygen atoms in total. The number of rotatable bonds is 5. The molecule has 0 spiro atoms. The number of anilines is 1. The minimum atomic E-state index is 0.0192. The molecule has 0 aliphatic carbocycles. The number of para-hydroxylation sites is 1. The molecule has 1 heterocycles. The van der Waals surface area contributed by atoms with Crippen molar-refractivity contribution in [3.63, 3.8) is 0 Å². The van der Waals surface area contributed by atoms with Crippen LogP contribution in [0.4, 0.5) is 5.69 Å². The van der Waals surface area contributed by atoms with Gasteiger partial charge in [0.2, 0.25) is 5.91 Å². The summed E-state index contributed by atoms with van der Waals surface area (Å²) in [6.07, 6.45) is 0.812. The van der Waals surface area contributed by atoms with E-state index >= 15 is 0 Å². The number of aliphatic imine (C=N–C) groups is 1. The van der Waals surface area contributed by atoms with Crippen molar-refractivity contribution in [1.29, 1.82) is 0 Å². The van der Waals surface area contributed by atoms with Crippen LogP contribution in [0.1, 0.15) is 11.1 Å². The summed E-state index contributed by atoms with van der Waals surface area (Å²) in [6, 6.07) is 18.3. The molecule has 0 radical (unpaired) electrons. The average Bonchev–Trinajstić information content (AvgIpc) is 3.09. The first-order valence-electron chi connectivity index (χ1n) is 7.53. The van der Waals surface area contributed by atoms with Crippen molar-refractivity contribution in [2.75, 3.05) is 23.4 Å². The summed E-state index contributed by atoms with van der Waals surface area (Å²) in [5, 5.41) is 3.03. The molecular weight excluding hydrogens is 324 g/mol. The monoisotopic (exact) mass is 342 g/mol. The largest absolute Gasteiger partial charge is 0.325 e. The highest BCUT2D eigenvalue weighted by Gasteiger charge is 2.12. The van der Waals surface area contributed by atoms with Gasteiger partial charge in [0.05, 0.1) is 12.3 Å². The van der Waals surface area contributed by atoms with E-state index in [0.717, 1.165) is 34.3 Å². The lowest BCUT2D eigenvalue weighted by Gasteiger charge is -2.11. The third kappa shape index (κ3) is 4.88. The number of carbonyl (C=O) groups is 1. The molecule has 2 aromatic carbocycles. The Labute approximate surface area is 145 Å². The molecule has 23 heavy (non-hydrogen) atoms. The van der Waals surface area contributed by atoms with Crippen molar-refractivity contribution in [3.05, 3.63) is 65.7 Å². The highest BCUT2D eigenvalue weighted by atomic mass is 32.2. The summed E-state index contributed by atoms with van der Waals surface area (Å²) < 4.78 is 1.03. The van der Waals surface area contributed by atoms with Crippen LogP contribution >= 0.6 is 23.5 Å². The standard InChI is InChI=1S/C18H18N2OS2/c21-17(13-23-18-19-10-11-22-18)20-16-9-5-4-8-15(16)12-14-6-2-1-3-7-14/h1-9H,10-13H2,(H,20,21). The predicted molar refractivity (Wildman–Crippen MR) is 102 cm³/mol. The van der Waals surface area contributed by atoms with Gasteiger partial charge in [-0.05, 0) is 23.6 Å². The van der Waals surface area contributed by atoms with Crippen molar-refractivity contribution >= 4 is 39.5 Å². The van der Waals surface area contributed by atoms with Gasteiger partial charge in [0.15, 0.2) is 0 Å². The molecule has 5 heteroatoms. The van der Waals surface area contributed by atoms with E-state index in [2.05, 4.69) is 28.5 Å². The average molecular weight is 342 g/mol. The summed E-state index contributed by atoms with van der Waals surface area (Å²) in [5.41, 5.74) is 3.26. The van der Waals surface area contributed by atoms with E-state index in [0.29, 0.717) is 5.75 Å². The lowest BCUT2D eigenvalue weighted by Crippen LogP contribution is -2.16. The molecule has 118 valence electrons. The maximum atomic E-state index is 12.2. The Bertz CT molecular complexity index is 701. The highest BCUT2D eigenvalue weighted by Crippen LogP contribution is 2.23. The molecule has 1 aliphatic rings. The summed E-state index contributed by atoms with van der Waals surface area (Å²) >= 11 is 3.25. The SMILES string of the molecule is O=C(CSC1=NCCS1)Nc1ccccc1Cc1ccccc1. The maximum Gasteiger partial charge on any atom is 0.234 e. The normalized spacial score (nSPS) is 13.7. The Kier molecular flexibility index (Phi) is 5.77. The Balaban J connectivity index is 1.62. The zero-order valence-electron chi connectivity index (χ0n) is 12.7. The third-order valence-electron chi connectivity index (χ3n) is 3.41. The number of hydrogen-bond acceptors (Lipinski definition) is 4. The number of hydrogen-bond donors (Lipinski definition) is 1. The Morgan fingerprint density at radius 3 is 2.70 bits per heavy atom. The van der Waals surface area contributed by atoms with Crippen molar-refractivity contribution in [3.8, 4) is 0 Å². The number of nitrogens with zero attached hydrogens (tertiary/aromatic N) is 1. The number of nitrogens with one attached hydrogen (secondary N) is 1. The minimum Gasteiger partial charge on any atom is -0.325 e. The first kappa shape index (κ1) is 16.1. The second-order valence-corrected chi connectivity index (χ2v) is 7.46. The molecule has 1 N–H and O–H groups in total. The number of thioether (sulfide) groups is 2. The van der Waals surface area contributed by atoms with Gasteiger partial charge < -0.3 is 5.32 Å². The molecule has 0 saturated heterocycles. The first-order valence-corrected chi connectivity index (χ1v) is 9.50. The van der Waals surface area contributed by atoms with Gasteiger partial charge in [0.25, 0.3) is 0 Å². The number of carbonyl (C=O) groups excluding carboxylic acids is 1. The highest BCUT2D eigenvalue weighted by molar-refractivity contribution is 8.39. The van der Waals surface area contributed by atoms with E-state index in [4.69, 9.17) is 0 Å². The van der Waals surface area contributed by atoms with Crippen molar-refractivity contribution in [1.82, 2.24) is 0 Å². The number of benzene rings is 2. The van der Waals surface area contributed by atoms with E-state index in [1.807, 2.05) is 36.4 Å². The fourth-order valence-electron chi connectivity index (χ4n) is 2.33. The molecule has 0 saturated carbocycles. The molecule has 0 aromatic heterocycles. The van der Waals surface area contributed by atoms with Gasteiger partial charge in [-0.15, -0.1) is 0 Å². The van der Waals surface area contributed by atoms with Crippen LogP contribution in [0.2, 0.25) is 0 Å². The van der Waals surface area contributed by atoms with E-state index in [-0.39, 0.29) is 5.91 Å². The van der Waals surface area contributed by atoms with Crippen LogP contribution in [0.5, 0.6) is 0 Å². The van der Waals surface area contributed by atoms with Crippen LogP contribution in [0.3, 0.4) is 0 Å². The minimum absolute atomic E-state index is 0.0192. The summed E-state index contributed by atoms with van der Waals surface area (Å²) in [7, 11) is 0. The van der Waals surface area contributed by atoms with E-state index in [1.165, 1.54) is 17.3 Å². The van der Waals surface area contributed by atoms with Crippen LogP contribution < -0.4 is 5.32 Å². The Hall–Kier alpha value is -1.72. The van der Waals surface area contributed by atoms with E-state index < -0.39 is 0 Å². The fourth-order valence-corrected chi connectivity index (χ4v) is 4.14. The second kappa shape index (κ2) is 8.22. The molecule has 2 aromatic rings. The van der Waals surface area contributed by atoms with Crippen molar-refractivity contribution in [2.24, 2.45) is 4.99 Å². The van der Waals surface area contributed by atoms with Crippen LogP contribution in [0.25, 0.3) is 0 Å². The van der Waals surface area contributed by atoms with E-state index in [9.17, 15) is 4.79 Å². The zero-order chi connectivity index (χ0) is 15.9. The quantitative estimate of drug-likeness (QED) is 0.891. The topological polar surface area (TPSA) is 41.5 Å². The second-order valence-electron chi connectivity index (χ2n) is 5.15. The lowest BCUT2D eigenvalue weighted by molar-refractivity contribution is -0.113.